The summed E-state index contributed by atoms with van der Waals surface area (Å²) < 4.78 is 2.14. The van der Waals surface area contributed by atoms with Crippen molar-refractivity contribution >= 4 is 23.2 Å². The van der Waals surface area contributed by atoms with Crippen molar-refractivity contribution in [3.05, 3.63) is 46.7 Å². The van der Waals surface area contributed by atoms with Gasteiger partial charge in [0.2, 0.25) is 0 Å². The van der Waals surface area contributed by atoms with Gasteiger partial charge < -0.3 is 4.57 Å². The second-order valence-corrected chi connectivity index (χ2v) is 6.61. The van der Waals surface area contributed by atoms with Gasteiger partial charge in [-0.3, -0.25) is 9.88 Å². The summed E-state index contributed by atoms with van der Waals surface area (Å²) in [5, 5.41) is 1.32. The van der Waals surface area contributed by atoms with Crippen LogP contribution < -0.4 is 0 Å². The van der Waals surface area contributed by atoms with E-state index >= 15 is 0 Å². The molecule has 3 rings (SSSR count). The van der Waals surface area contributed by atoms with Gasteiger partial charge >= 0.3 is 0 Å². The summed E-state index contributed by atoms with van der Waals surface area (Å²) in [4.78, 5) is 10.6. The third-order valence-electron chi connectivity index (χ3n) is 4.34. The number of hydrogen-bond acceptors (Lipinski definition) is 3. The predicted octanol–water partition coefficient (Wildman–Crippen LogP) is 4.03. The van der Waals surface area contributed by atoms with E-state index in [9.17, 15) is 0 Å². The Kier molecular flexibility index (Phi) is 5.34. The topological polar surface area (TPSA) is 34.0 Å². The molecule has 0 radical (unpaired) electrons. The summed E-state index contributed by atoms with van der Waals surface area (Å²) in [6.07, 6.45) is 14.0. The molecular weight excluding hydrogens is 319 g/mol. The summed E-state index contributed by atoms with van der Waals surface area (Å²) >= 11 is 12.5. The Labute approximate surface area is 141 Å². The third-order valence-corrected chi connectivity index (χ3v) is 4.99. The Morgan fingerprint density at radius 3 is 2.68 bits per heavy atom. The zero-order valence-corrected chi connectivity index (χ0v) is 14.0. The lowest BCUT2D eigenvalue weighted by Gasteiger charge is -2.36. The second kappa shape index (κ2) is 7.44. The highest BCUT2D eigenvalue weighted by atomic mass is 35.5. The zero-order chi connectivity index (χ0) is 15.4. The van der Waals surface area contributed by atoms with Gasteiger partial charge in [0.05, 0.1) is 16.4 Å². The Bertz CT molecular complexity index is 580. The van der Waals surface area contributed by atoms with Crippen molar-refractivity contribution in [2.75, 3.05) is 6.54 Å². The maximum absolute atomic E-state index is 6.27. The van der Waals surface area contributed by atoms with Crippen LogP contribution in [0.3, 0.4) is 0 Å². The number of pyridine rings is 1. The highest BCUT2D eigenvalue weighted by Crippen LogP contribution is 2.28. The van der Waals surface area contributed by atoms with Crippen molar-refractivity contribution in [3.8, 4) is 0 Å². The number of halogens is 2. The number of likely N-dealkylation sites (tertiary alicyclic amines) is 1. The molecule has 1 atom stereocenters. The first-order chi connectivity index (χ1) is 10.7. The second-order valence-electron chi connectivity index (χ2n) is 5.79. The van der Waals surface area contributed by atoms with Gasteiger partial charge in [0.15, 0.2) is 0 Å². The fraction of sp³-hybridized carbons (Fsp3) is 0.500. The van der Waals surface area contributed by atoms with Crippen LogP contribution in [0.4, 0.5) is 0 Å². The van der Waals surface area contributed by atoms with Crippen molar-refractivity contribution in [2.45, 2.75) is 44.8 Å². The fourth-order valence-electron chi connectivity index (χ4n) is 3.10. The van der Waals surface area contributed by atoms with E-state index in [1.165, 1.54) is 19.3 Å². The van der Waals surface area contributed by atoms with Gasteiger partial charge in [-0.05, 0) is 25.8 Å². The van der Waals surface area contributed by atoms with Crippen molar-refractivity contribution in [2.24, 2.45) is 0 Å². The van der Waals surface area contributed by atoms with E-state index in [2.05, 4.69) is 19.4 Å². The van der Waals surface area contributed by atoms with Crippen LogP contribution >= 0.6 is 23.2 Å². The smallest absolute Gasteiger partial charge is 0.0945 e. The van der Waals surface area contributed by atoms with E-state index in [0.29, 0.717) is 16.1 Å². The molecule has 6 heteroatoms. The van der Waals surface area contributed by atoms with Crippen LogP contribution in [0.2, 0.25) is 10.0 Å². The lowest BCUT2D eigenvalue weighted by Crippen LogP contribution is -2.39. The molecule has 1 aliphatic rings. The Morgan fingerprint density at radius 1 is 1.14 bits per heavy atom. The van der Waals surface area contributed by atoms with Crippen LogP contribution in [-0.2, 0) is 13.1 Å². The van der Waals surface area contributed by atoms with Crippen LogP contribution in [0, 0.1) is 0 Å². The lowest BCUT2D eigenvalue weighted by molar-refractivity contribution is 0.128. The van der Waals surface area contributed by atoms with Crippen LogP contribution in [0.5, 0.6) is 0 Å². The highest BCUT2D eigenvalue weighted by molar-refractivity contribution is 6.35. The molecule has 0 spiro atoms. The minimum atomic E-state index is 0.566. The molecule has 0 bridgehead atoms. The van der Waals surface area contributed by atoms with Crippen molar-refractivity contribution < 1.29 is 0 Å². The predicted molar refractivity (Wildman–Crippen MR) is 89.2 cm³/mol. The summed E-state index contributed by atoms with van der Waals surface area (Å²) in [6, 6.07) is 0.566. The molecule has 1 aliphatic heterocycles. The first-order valence-corrected chi connectivity index (χ1v) is 8.47. The lowest BCUT2D eigenvalue weighted by atomic mass is 9.98. The molecule has 2 aromatic rings. The van der Waals surface area contributed by atoms with Gasteiger partial charge in [0.25, 0.3) is 0 Å². The molecule has 0 unspecified atom stereocenters. The fourth-order valence-corrected chi connectivity index (χ4v) is 3.59. The minimum absolute atomic E-state index is 0.566. The number of hydrogen-bond donors (Lipinski definition) is 0. The molecule has 1 fully saturated rings. The number of piperidine rings is 1. The van der Waals surface area contributed by atoms with Crippen LogP contribution in [0.1, 0.15) is 31.2 Å². The van der Waals surface area contributed by atoms with Crippen LogP contribution in [0.25, 0.3) is 0 Å². The van der Waals surface area contributed by atoms with E-state index in [1.54, 1.807) is 12.4 Å². The number of aryl methyl sites for hydroxylation is 1. The molecule has 22 heavy (non-hydrogen) atoms. The molecule has 1 saturated heterocycles. The van der Waals surface area contributed by atoms with Crippen molar-refractivity contribution in [1.29, 1.82) is 0 Å². The van der Waals surface area contributed by atoms with Crippen molar-refractivity contribution in [1.82, 2.24) is 19.4 Å². The number of rotatable bonds is 5. The maximum atomic E-state index is 6.27. The number of imidazole rings is 1. The molecule has 2 aromatic heterocycles. The molecule has 4 nitrogen and oxygen atoms in total. The SMILES string of the molecule is Clc1cncc(Cl)c1CN1CCCC[C@@H]1CCn1ccnc1. The summed E-state index contributed by atoms with van der Waals surface area (Å²) in [6.45, 7) is 2.90. The van der Waals surface area contributed by atoms with E-state index in [0.717, 1.165) is 31.6 Å². The van der Waals surface area contributed by atoms with Crippen LogP contribution in [-0.4, -0.2) is 32.0 Å². The number of nitrogens with zero attached hydrogens (tertiary/aromatic N) is 4. The zero-order valence-electron chi connectivity index (χ0n) is 12.5. The molecule has 0 aliphatic carbocycles. The van der Waals surface area contributed by atoms with Crippen molar-refractivity contribution in [3.63, 3.8) is 0 Å². The van der Waals surface area contributed by atoms with Crippen LogP contribution in [0.15, 0.2) is 31.1 Å². The molecular formula is C16H20Cl2N4. The van der Waals surface area contributed by atoms with E-state index in [4.69, 9.17) is 23.2 Å². The minimum Gasteiger partial charge on any atom is -0.337 e. The van der Waals surface area contributed by atoms with Gasteiger partial charge in [0, 0.05) is 49.5 Å². The van der Waals surface area contributed by atoms with E-state index in [-0.39, 0.29) is 0 Å². The summed E-state index contributed by atoms with van der Waals surface area (Å²) in [5.41, 5.74) is 0.993. The van der Waals surface area contributed by atoms with Gasteiger partial charge in [-0.2, -0.15) is 0 Å². The van der Waals surface area contributed by atoms with E-state index < -0.39 is 0 Å². The Hall–Kier alpha value is -1.10. The molecule has 0 amide bonds. The molecule has 0 aromatic carbocycles. The normalized spacial score (nSPS) is 19.5. The molecule has 118 valence electrons. The summed E-state index contributed by atoms with van der Waals surface area (Å²) in [7, 11) is 0. The van der Waals surface area contributed by atoms with Gasteiger partial charge in [0.1, 0.15) is 0 Å². The monoisotopic (exact) mass is 338 g/mol. The Balaban J connectivity index is 1.67. The van der Waals surface area contributed by atoms with E-state index in [1.807, 2.05) is 18.7 Å². The van der Waals surface area contributed by atoms with Gasteiger partial charge in [-0.15, -0.1) is 0 Å². The number of aromatic nitrogens is 3. The molecule has 3 heterocycles. The standard InChI is InChI=1S/C16H20Cl2N4/c17-15-9-20-10-16(18)14(15)11-22-6-2-1-3-13(22)4-7-21-8-5-19-12-21/h5,8-10,12-13H,1-4,6-7,11H2/t13-/m1/s1. The maximum Gasteiger partial charge on any atom is 0.0945 e. The summed E-state index contributed by atoms with van der Waals surface area (Å²) in [5.74, 6) is 0. The van der Waals surface area contributed by atoms with Gasteiger partial charge in [-0.25, -0.2) is 4.98 Å². The largest absolute Gasteiger partial charge is 0.337 e. The quantitative estimate of drug-likeness (QED) is 0.825. The average Bonchev–Trinajstić information content (AvgIpc) is 3.03. The molecule has 0 saturated carbocycles. The Morgan fingerprint density at radius 2 is 1.95 bits per heavy atom. The molecule has 0 N–H and O–H groups in total. The first kappa shape index (κ1) is 15.8. The average molecular weight is 339 g/mol. The van der Waals surface area contributed by atoms with Gasteiger partial charge in [-0.1, -0.05) is 29.6 Å². The highest BCUT2D eigenvalue weighted by Gasteiger charge is 2.23. The first-order valence-electron chi connectivity index (χ1n) is 7.71. The third kappa shape index (κ3) is 3.80.